The lowest BCUT2D eigenvalue weighted by Gasteiger charge is -2.24. The monoisotopic (exact) mass is 677 g/mol. The van der Waals surface area contributed by atoms with Crippen LogP contribution in [0.2, 0.25) is 0 Å². The van der Waals surface area contributed by atoms with Gasteiger partial charge in [0.1, 0.15) is 23.7 Å². The van der Waals surface area contributed by atoms with Crippen molar-refractivity contribution >= 4 is 30.3 Å². The summed E-state index contributed by atoms with van der Waals surface area (Å²) in [7, 11) is 1.57. The molecule has 0 bridgehead atoms. The summed E-state index contributed by atoms with van der Waals surface area (Å²) in [5.41, 5.74) is 3.39. The van der Waals surface area contributed by atoms with Crippen LogP contribution in [0, 0.1) is 19.7 Å². The van der Waals surface area contributed by atoms with E-state index >= 15 is 0 Å². The zero-order chi connectivity index (χ0) is 35.8. The van der Waals surface area contributed by atoms with Gasteiger partial charge in [0.2, 0.25) is 0 Å². The SMILES string of the molecule is COCCOc1ccc(F)c(/C=C/c2cccc(-c3cccc(/C=C/c4cc(CN[C@@](C)(CO)C(=O)O)ccc4C(F)(F)F)c3C)c2C)c1. The molecule has 0 unspecified atom stereocenters. The lowest BCUT2D eigenvalue weighted by molar-refractivity contribution is -0.146. The third kappa shape index (κ3) is 9.23. The highest BCUT2D eigenvalue weighted by atomic mass is 19.4. The molecule has 0 aliphatic carbocycles. The van der Waals surface area contributed by atoms with E-state index in [1.54, 1.807) is 31.4 Å². The van der Waals surface area contributed by atoms with Gasteiger partial charge in [-0.3, -0.25) is 10.1 Å². The van der Waals surface area contributed by atoms with Gasteiger partial charge in [-0.05, 0) is 95.6 Å². The largest absolute Gasteiger partial charge is 0.491 e. The van der Waals surface area contributed by atoms with Crippen LogP contribution in [0.5, 0.6) is 5.75 Å². The number of aliphatic hydroxyl groups is 1. The molecule has 0 radical (unpaired) electrons. The summed E-state index contributed by atoms with van der Waals surface area (Å²) >= 11 is 0. The molecule has 49 heavy (non-hydrogen) atoms. The summed E-state index contributed by atoms with van der Waals surface area (Å²) in [6, 6.07) is 19.5. The van der Waals surface area contributed by atoms with Crippen molar-refractivity contribution in [3.8, 4) is 16.9 Å². The summed E-state index contributed by atoms with van der Waals surface area (Å²) < 4.78 is 67.1. The molecule has 0 amide bonds. The number of nitrogens with one attached hydrogen (secondary N) is 1. The Morgan fingerprint density at radius 1 is 0.816 bits per heavy atom. The highest BCUT2D eigenvalue weighted by Gasteiger charge is 2.34. The molecule has 4 aromatic carbocycles. The Hall–Kier alpha value is -4.77. The molecular formula is C39H39F4NO5. The number of hydrogen-bond acceptors (Lipinski definition) is 5. The number of carboxylic acids is 1. The number of carboxylic acid groups (broad SMARTS) is 1. The van der Waals surface area contributed by atoms with Crippen molar-refractivity contribution in [2.24, 2.45) is 0 Å². The molecule has 10 heteroatoms. The van der Waals surface area contributed by atoms with Crippen molar-refractivity contribution in [2.45, 2.75) is 39.0 Å². The highest BCUT2D eigenvalue weighted by Crippen LogP contribution is 2.35. The minimum Gasteiger partial charge on any atom is -0.491 e. The third-order valence-corrected chi connectivity index (χ3v) is 8.34. The average Bonchev–Trinajstić information content (AvgIpc) is 3.07. The number of carbonyl (C=O) groups is 1. The molecule has 6 nitrogen and oxygen atoms in total. The van der Waals surface area contributed by atoms with E-state index in [-0.39, 0.29) is 17.9 Å². The maximum absolute atomic E-state index is 14.6. The van der Waals surface area contributed by atoms with Gasteiger partial charge in [0.15, 0.2) is 0 Å². The van der Waals surface area contributed by atoms with Crippen LogP contribution in [0.1, 0.15) is 51.4 Å². The Morgan fingerprint density at radius 3 is 1.96 bits per heavy atom. The number of aliphatic carboxylic acids is 1. The lowest BCUT2D eigenvalue weighted by atomic mass is 9.91. The Bertz CT molecular complexity index is 1850. The molecular weight excluding hydrogens is 638 g/mol. The number of alkyl halides is 3. The first-order valence-corrected chi connectivity index (χ1v) is 15.5. The zero-order valence-electron chi connectivity index (χ0n) is 27.7. The van der Waals surface area contributed by atoms with Crippen molar-refractivity contribution < 1.29 is 42.0 Å². The average molecular weight is 678 g/mol. The molecule has 0 spiro atoms. The number of methoxy groups -OCH3 is 1. The minimum atomic E-state index is -4.62. The number of benzene rings is 4. The Kier molecular flexibility index (Phi) is 12.2. The van der Waals surface area contributed by atoms with E-state index in [1.165, 1.54) is 31.2 Å². The second-order valence-electron chi connectivity index (χ2n) is 11.8. The minimum absolute atomic E-state index is 0.0683. The summed E-state index contributed by atoms with van der Waals surface area (Å²) in [4.78, 5) is 11.5. The van der Waals surface area contributed by atoms with Gasteiger partial charge >= 0.3 is 12.1 Å². The van der Waals surface area contributed by atoms with E-state index in [9.17, 15) is 32.6 Å². The van der Waals surface area contributed by atoms with Gasteiger partial charge in [0.25, 0.3) is 0 Å². The van der Waals surface area contributed by atoms with E-state index < -0.39 is 29.9 Å². The quantitative estimate of drug-likeness (QED) is 0.0706. The van der Waals surface area contributed by atoms with Crippen LogP contribution in [0.3, 0.4) is 0 Å². The zero-order valence-corrected chi connectivity index (χ0v) is 27.7. The van der Waals surface area contributed by atoms with Crippen LogP contribution in [0.4, 0.5) is 17.6 Å². The van der Waals surface area contributed by atoms with Crippen molar-refractivity contribution in [3.05, 3.63) is 123 Å². The molecule has 0 aromatic heterocycles. The predicted molar refractivity (Wildman–Crippen MR) is 184 cm³/mol. The van der Waals surface area contributed by atoms with Crippen LogP contribution >= 0.6 is 0 Å². The molecule has 0 aliphatic heterocycles. The molecule has 3 N–H and O–H groups in total. The molecule has 0 aliphatic rings. The second kappa shape index (κ2) is 16.1. The number of aliphatic hydroxyl groups excluding tert-OH is 1. The molecule has 0 saturated heterocycles. The Morgan fingerprint density at radius 2 is 1.41 bits per heavy atom. The first-order chi connectivity index (χ1) is 23.3. The fourth-order valence-electron chi connectivity index (χ4n) is 5.21. The van der Waals surface area contributed by atoms with Crippen LogP contribution in [0.25, 0.3) is 35.4 Å². The van der Waals surface area contributed by atoms with E-state index in [0.717, 1.165) is 33.9 Å². The molecule has 4 aromatic rings. The van der Waals surface area contributed by atoms with E-state index in [1.807, 2.05) is 56.3 Å². The van der Waals surface area contributed by atoms with Gasteiger partial charge in [0, 0.05) is 19.2 Å². The second-order valence-corrected chi connectivity index (χ2v) is 11.8. The molecule has 0 saturated carbocycles. The summed E-state index contributed by atoms with van der Waals surface area (Å²) in [6.07, 6.45) is 1.92. The lowest BCUT2D eigenvalue weighted by Crippen LogP contribution is -2.52. The number of ether oxygens (including phenoxy) is 2. The fourth-order valence-corrected chi connectivity index (χ4v) is 5.21. The van der Waals surface area contributed by atoms with Gasteiger partial charge in [-0.15, -0.1) is 0 Å². The van der Waals surface area contributed by atoms with Crippen molar-refractivity contribution in [2.75, 3.05) is 26.9 Å². The molecule has 0 fully saturated rings. The molecule has 0 heterocycles. The van der Waals surface area contributed by atoms with Gasteiger partial charge in [0.05, 0.1) is 18.8 Å². The Labute approximate surface area is 283 Å². The maximum Gasteiger partial charge on any atom is 0.416 e. The van der Waals surface area contributed by atoms with E-state index in [2.05, 4.69) is 5.32 Å². The third-order valence-electron chi connectivity index (χ3n) is 8.34. The van der Waals surface area contributed by atoms with E-state index in [0.29, 0.717) is 35.7 Å². The van der Waals surface area contributed by atoms with Crippen molar-refractivity contribution in [3.63, 3.8) is 0 Å². The number of hydrogen-bond donors (Lipinski definition) is 3. The summed E-state index contributed by atoms with van der Waals surface area (Å²) in [6.45, 7) is 5.14. The highest BCUT2D eigenvalue weighted by molar-refractivity contribution is 5.82. The predicted octanol–water partition coefficient (Wildman–Crippen LogP) is 8.42. The van der Waals surface area contributed by atoms with Gasteiger partial charge in [-0.25, -0.2) is 4.39 Å². The molecule has 4 rings (SSSR count). The maximum atomic E-state index is 14.6. The first kappa shape index (κ1) is 37.1. The summed E-state index contributed by atoms with van der Waals surface area (Å²) in [5, 5.41) is 21.6. The van der Waals surface area contributed by atoms with Crippen LogP contribution in [-0.4, -0.2) is 48.7 Å². The fraction of sp³-hybridized carbons (Fsp3) is 0.256. The number of rotatable bonds is 14. The van der Waals surface area contributed by atoms with Crippen LogP contribution < -0.4 is 10.1 Å². The smallest absolute Gasteiger partial charge is 0.416 e. The number of halogens is 4. The van der Waals surface area contributed by atoms with Gasteiger partial charge in [-0.2, -0.15) is 13.2 Å². The summed E-state index contributed by atoms with van der Waals surface area (Å²) in [5.74, 6) is -1.14. The van der Waals surface area contributed by atoms with Gasteiger partial charge in [-0.1, -0.05) is 66.8 Å². The molecule has 1 atom stereocenters. The van der Waals surface area contributed by atoms with Crippen molar-refractivity contribution in [1.82, 2.24) is 5.32 Å². The van der Waals surface area contributed by atoms with Crippen molar-refractivity contribution in [1.29, 1.82) is 0 Å². The molecule has 258 valence electrons. The van der Waals surface area contributed by atoms with Crippen LogP contribution in [-0.2, 0) is 22.3 Å². The van der Waals surface area contributed by atoms with Gasteiger partial charge < -0.3 is 19.7 Å². The topological polar surface area (TPSA) is 88.0 Å². The normalized spacial score (nSPS) is 13.2. The standard InChI is InChI=1S/C39H39F4NO5/c1-25-28(12-14-30-21-27(11-17-35(30)39(41,42)43)23-44-38(3,24-45)37(46)47)7-5-9-33(25)34-10-6-8-29(26(34)2)13-15-31-22-32(16-18-36(31)40)49-20-19-48-4/h5-18,21-22,44-45H,19-20,23-24H2,1-4H3,(H,46,47)/b14-12+,15-13+/t38-/m0/s1. The first-order valence-electron chi connectivity index (χ1n) is 15.5. The van der Waals surface area contributed by atoms with Crippen LogP contribution in [0.15, 0.2) is 72.8 Å². The van der Waals surface area contributed by atoms with E-state index in [4.69, 9.17) is 9.47 Å². The Balaban J connectivity index is 1.64.